The van der Waals surface area contributed by atoms with Crippen molar-refractivity contribution in [3.63, 3.8) is 0 Å². The van der Waals surface area contributed by atoms with E-state index in [1.54, 1.807) is 0 Å². The zero-order chi connectivity index (χ0) is 15.3. The number of halogens is 3. The molecule has 1 heterocycles. The number of thioether (sulfide) groups is 1. The van der Waals surface area contributed by atoms with Gasteiger partial charge in [0.15, 0.2) is 0 Å². The largest absolute Gasteiger partial charge is 0.441 e. The summed E-state index contributed by atoms with van der Waals surface area (Å²) in [6.45, 7) is 3.93. The third kappa shape index (κ3) is 5.22. The first-order chi connectivity index (χ1) is 9.24. The molecule has 0 aromatic heterocycles. The Morgan fingerprint density at radius 2 is 2.10 bits per heavy atom. The molecule has 1 N–H and O–H groups in total. The highest BCUT2D eigenvalue weighted by Gasteiger charge is 2.34. The van der Waals surface area contributed by atoms with Crippen molar-refractivity contribution in [2.45, 2.75) is 38.2 Å². The molecule has 0 spiro atoms. The number of hydrogen-bond donors (Lipinski definition) is 1. The fraction of sp³-hybridized carbons (Fsp3) is 0.833. The first-order valence-corrected chi connectivity index (χ1v) is 7.52. The average Bonchev–Trinajstić information content (AvgIpc) is 2.49. The maximum absolute atomic E-state index is 12.3. The minimum Gasteiger partial charge on any atom is -0.344 e. The van der Waals surface area contributed by atoms with Crippen molar-refractivity contribution < 1.29 is 22.8 Å². The number of nitrogens with one attached hydrogen (secondary N) is 1. The lowest BCUT2D eigenvalue weighted by Crippen LogP contribution is -2.48. The Labute approximate surface area is 120 Å². The molecule has 8 heteroatoms. The summed E-state index contributed by atoms with van der Waals surface area (Å²) in [7, 11) is 0. The molecule has 1 saturated heterocycles. The molecule has 1 aliphatic rings. The third-order valence-electron chi connectivity index (χ3n) is 3.34. The third-order valence-corrected chi connectivity index (χ3v) is 4.06. The van der Waals surface area contributed by atoms with E-state index in [1.807, 2.05) is 13.8 Å². The quantitative estimate of drug-likeness (QED) is 0.845. The molecule has 0 aromatic rings. The summed E-state index contributed by atoms with van der Waals surface area (Å²) in [5, 5.41) is 2.66. The second-order valence-electron chi connectivity index (χ2n) is 4.80. The topological polar surface area (TPSA) is 49.4 Å². The van der Waals surface area contributed by atoms with Crippen molar-refractivity contribution in [3.05, 3.63) is 0 Å². The molecule has 0 radical (unpaired) electrons. The summed E-state index contributed by atoms with van der Waals surface area (Å²) in [5.41, 5.74) is -4.29. The lowest BCUT2D eigenvalue weighted by Gasteiger charge is -2.27. The van der Waals surface area contributed by atoms with Gasteiger partial charge >= 0.3 is 5.51 Å². The summed E-state index contributed by atoms with van der Waals surface area (Å²) < 4.78 is 36.3. The van der Waals surface area contributed by atoms with Crippen molar-refractivity contribution in [1.82, 2.24) is 10.2 Å². The molecule has 1 aliphatic heterocycles. The summed E-state index contributed by atoms with van der Waals surface area (Å²) in [6, 6.07) is -0.633. The van der Waals surface area contributed by atoms with Gasteiger partial charge in [-0.2, -0.15) is 13.2 Å². The Morgan fingerprint density at radius 3 is 2.65 bits per heavy atom. The van der Waals surface area contributed by atoms with Crippen LogP contribution >= 0.6 is 11.8 Å². The van der Waals surface area contributed by atoms with Crippen LogP contribution in [0.2, 0.25) is 0 Å². The number of hydrogen-bond acceptors (Lipinski definition) is 3. The monoisotopic (exact) mass is 312 g/mol. The van der Waals surface area contributed by atoms with Crippen LogP contribution < -0.4 is 5.32 Å². The van der Waals surface area contributed by atoms with Crippen molar-refractivity contribution in [2.24, 2.45) is 5.92 Å². The number of nitrogens with zero attached hydrogens (tertiary/aromatic N) is 1. The molecule has 0 bridgehead atoms. The molecule has 1 rings (SSSR count). The van der Waals surface area contributed by atoms with Crippen molar-refractivity contribution in [1.29, 1.82) is 0 Å². The summed E-state index contributed by atoms with van der Waals surface area (Å²) in [4.78, 5) is 25.2. The minimum absolute atomic E-state index is 0.00487. The average molecular weight is 312 g/mol. The fourth-order valence-electron chi connectivity index (χ4n) is 1.97. The lowest BCUT2D eigenvalue weighted by atomic mass is 9.98. The standard InChI is InChI=1S/C12H19F3N2O2S/c1-3-8(2)10-11(19)17(5-4-9(18)16-10)6-7-20-12(13,14)15/h8,10H,3-7H2,1-2H3,(H,16,18). The van der Waals surface area contributed by atoms with Crippen LogP contribution in [0.3, 0.4) is 0 Å². The maximum atomic E-state index is 12.3. The van der Waals surface area contributed by atoms with Crippen LogP contribution in [-0.2, 0) is 9.59 Å². The summed E-state index contributed by atoms with van der Waals surface area (Å²) in [5.74, 6) is -0.763. The van der Waals surface area contributed by atoms with E-state index in [2.05, 4.69) is 5.32 Å². The van der Waals surface area contributed by atoms with E-state index in [4.69, 9.17) is 0 Å². The Morgan fingerprint density at radius 1 is 1.45 bits per heavy atom. The van der Waals surface area contributed by atoms with Gasteiger partial charge in [0.1, 0.15) is 6.04 Å². The molecule has 2 amide bonds. The van der Waals surface area contributed by atoms with Gasteiger partial charge in [-0.1, -0.05) is 20.3 Å². The van der Waals surface area contributed by atoms with E-state index in [0.717, 1.165) is 0 Å². The minimum atomic E-state index is -4.29. The van der Waals surface area contributed by atoms with Crippen LogP contribution in [0.15, 0.2) is 0 Å². The van der Waals surface area contributed by atoms with Gasteiger partial charge < -0.3 is 10.2 Å². The Balaban J connectivity index is 2.65. The molecular formula is C12H19F3N2O2S. The fourth-order valence-corrected chi connectivity index (χ4v) is 2.51. The van der Waals surface area contributed by atoms with Crippen LogP contribution in [0.4, 0.5) is 13.2 Å². The highest BCUT2D eigenvalue weighted by Crippen LogP contribution is 2.30. The molecule has 116 valence electrons. The van der Waals surface area contributed by atoms with E-state index in [1.165, 1.54) is 4.90 Å². The van der Waals surface area contributed by atoms with Gasteiger partial charge in [0, 0.05) is 25.3 Å². The predicted octanol–water partition coefficient (Wildman–Crippen LogP) is 2.00. The molecule has 4 nitrogen and oxygen atoms in total. The van der Waals surface area contributed by atoms with Crippen LogP contribution in [0.25, 0.3) is 0 Å². The highest BCUT2D eigenvalue weighted by atomic mass is 32.2. The predicted molar refractivity (Wildman–Crippen MR) is 71.1 cm³/mol. The first kappa shape index (κ1) is 17.1. The van der Waals surface area contributed by atoms with Gasteiger partial charge in [-0.15, -0.1) is 0 Å². The number of carbonyl (C=O) groups excluding carboxylic acids is 2. The first-order valence-electron chi connectivity index (χ1n) is 6.53. The van der Waals surface area contributed by atoms with Gasteiger partial charge in [-0.3, -0.25) is 9.59 Å². The highest BCUT2D eigenvalue weighted by molar-refractivity contribution is 8.00. The number of alkyl halides is 3. The smallest absolute Gasteiger partial charge is 0.344 e. The summed E-state index contributed by atoms with van der Waals surface area (Å²) >= 11 is -0.147. The molecule has 1 fully saturated rings. The Hall–Kier alpha value is -0.920. The number of carbonyl (C=O) groups is 2. The van der Waals surface area contributed by atoms with E-state index < -0.39 is 11.6 Å². The van der Waals surface area contributed by atoms with Crippen molar-refractivity contribution in [2.75, 3.05) is 18.8 Å². The van der Waals surface area contributed by atoms with E-state index in [0.29, 0.717) is 6.42 Å². The van der Waals surface area contributed by atoms with E-state index in [-0.39, 0.29) is 54.8 Å². The Bertz CT molecular complexity index is 363. The molecular weight excluding hydrogens is 293 g/mol. The zero-order valence-corrected chi connectivity index (χ0v) is 12.3. The maximum Gasteiger partial charge on any atom is 0.441 e. The summed E-state index contributed by atoms with van der Waals surface area (Å²) in [6.07, 6.45) is 0.844. The normalized spacial score (nSPS) is 22.4. The molecule has 0 aromatic carbocycles. The Kier molecular flexibility index (Phi) is 6.16. The van der Waals surface area contributed by atoms with Crippen LogP contribution in [0.5, 0.6) is 0 Å². The SMILES string of the molecule is CCC(C)C1NC(=O)CCN(CCSC(F)(F)F)C1=O. The molecule has 20 heavy (non-hydrogen) atoms. The van der Waals surface area contributed by atoms with Crippen LogP contribution in [-0.4, -0.2) is 47.1 Å². The molecule has 2 atom stereocenters. The van der Waals surface area contributed by atoms with Gasteiger partial charge in [-0.05, 0) is 17.7 Å². The second-order valence-corrected chi connectivity index (χ2v) is 5.96. The van der Waals surface area contributed by atoms with Crippen molar-refractivity contribution >= 4 is 23.6 Å². The van der Waals surface area contributed by atoms with Gasteiger partial charge in [0.2, 0.25) is 11.8 Å². The molecule has 0 aliphatic carbocycles. The van der Waals surface area contributed by atoms with Crippen molar-refractivity contribution in [3.8, 4) is 0 Å². The number of amides is 2. The van der Waals surface area contributed by atoms with Gasteiger partial charge in [0.05, 0.1) is 0 Å². The van der Waals surface area contributed by atoms with E-state index >= 15 is 0 Å². The second kappa shape index (κ2) is 7.19. The van der Waals surface area contributed by atoms with Crippen LogP contribution in [0.1, 0.15) is 26.7 Å². The molecule has 0 saturated carbocycles. The van der Waals surface area contributed by atoms with E-state index in [9.17, 15) is 22.8 Å². The number of rotatable bonds is 5. The zero-order valence-electron chi connectivity index (χ0n) is 11.5. The lowest BCUT2D eigenvalue weighted by molar-refractivity contribution is -0.134. The molecule has 2 unspecified atom stereocenters. The van der Waals surface area contributed by atoms with Gasteiger partial charge in [0.25, 0.3) is 0 Å². The van der Waals surface area contributed by atoms with Gasteiger partial charge in [-0.25, -0.2) is 0 Å². The van der Waals surface area contributed by atoms with Crippen LogP contribution in [0, 0.1) is 5.92 Å².